The van der Waals surface area contributed by atoms with Gasteiger partial charge in [-0.05, 0) is 78.4 Å². The van der Waals surface area contributed by atoms with E-state index in [9.17, 15) is 19.2 Å². The molecule has 0 spiro atoms. The zero-order chi connectivity index (χ0) is 39.7. The van der Waals surface area contributed by atoms with Crippen molar-refractivity contribution in [2.45, 2.75) is 143 Å². The molecule has 2 N–H and O–H groups in total. The van der Waals surface area contributed by atoms with Gasteiger partial charge in [0.25, 0.3) is 0 Å². The summed E-state index contributed by atoms with van der Waals surface area (Å²) in [5.41, 5.74) is 0.854. The molecule has 54 heavy (non-hydrogen) atoms. The Morgan fingerprint density at radius 2 is 0.759 bits per heavy atom. The molecule has 0 radical (unpaired) electrons. The minimum atomic E-state index is -0.556. The second-order valence-corrected chi connectivity index (χ2v) is 16.2. The maximum absolute atomic E-state index is 12.9. The van der Waals surface area contributed by atoms with Crippen molar-refractivity contribution < 1.29 is 28.7 Å². The van der Waals surface area contributed by atoms with Crippen LogP contribution in [0.1, 0.15) is 130 Å². The number of nitrogens with one attached hydrogen (secondary N) is 2. The van der Waals surface area contributed by atoms with Gasteiger partial charge in [-0.25, -0.2) is 9.59 Å². The molecule has 0 heterocycles. The number of unbranched alkanes of at least 4 members (excludes halogenated alkanes) is 9. The third-order valence-corrected chi connectivity index (χ3v) is 8.68. The third-order valence-electron chi connectivity index (χ3n) is 8.68. The number of carbonyl (C=O) groups excluding carboxylic acids is 4. The fourth-order valence-corrected chi connectivity index (χ4v) is 5.94. The van der Waals surface area contributed by atoms with E-state index in [0.29, 0.717) is 65.0 Å². The van der Waals surface area contributed by atoms with Crippen molar-refractivity contribution in [1.29, 1.82) is 0 Å². The van der Waals surface area contributed by atoms with E-state index in [-0.39, 0.29) is 24.0 Å². The van der Waals surface area contributed by atoms with Crippen LogP contribution >= 0.6 is 0 Å². The summed E-state index contributed by atoms with van der Waals surface area (Å²) in [6.07, 6.45) is 12.4. The largest absolute Gasteiger partial charge is 0.444 e. The van der Waals surface area contributed by atoms with Gasteiger partial charge in [-0.1, -0.05) is 112 Å². The number of hydrogen-bond donors (Lipinski definition) is 2. The second kappa shape index (κ2) is 25.9. The van der Waals surface area contributed by atoms with Gasteiger partial charge >= 0.3 is 12.2 Å². The Hall–Kier alpha value is -4.08. The predicted molar refractivity (Wildman–Crippen MR) is 217 cm³/mol. The van der Waals surface area contributed by atoms with Gasteiger partial charge in [0.15, 0.2) is 0 Å². The van der Waals surface area contributed by atoms with Crippen LogP contribution in [0.4, 0.5) is 9.59 Å². The minimum Gasteiger partial charge on any atom is -0.444 e. The average molecular weight is 751 g/mol. The van der Waals surface area contributed by atoms with Gasteiger partial charge in [-0.3, -0.25) is 9.59 Å². The Balaban J connectivity index is 1.59. The number of hydrogen-bond acceptors (Lipinski definition) is 6. The van der Waals surface area contributed by atoms with E-state index < -0.39 is 11.2 Å². The molecule has 2 rings (SSSR count). The number of rotatable bonds is 25. The molecule has 10 heteroatoms. The molecule has 2 aromatic carbocycles. The maximum Gasteiger partial charge on any atom is 0.410 e. The highest BCUT2D eigenvalue weighted by Crippen LogP contribution is 2.15. The highest BCUT2D eigenvalue weighted by Gasteiger charge is 2.23. The number of amides is 4. The number of nitrogens with zero attached hydrogens (tertiary/aromatic N) is 2. The first kappa shape index (κ1) is 46.1. The first-order valence-corrected chi connectivity index (χ1v) is 20.3. The summed E-state index contributed by atoms with van der Waals surface area (Å²) in [6.45, 7) is 14.7. The summed E-state index contributed by atoms with van der Waals surface area (Å²) in [5, 5.41) is 5.94. The predicted octanol–water partition coefficient (Wildman–Crippen LogP) is 8.86. The van der Waals surface area contributed by atoms with Crippen molar-refractivity contribution in [3.8, 4) is 0 Å². The summed E-state index contributed by atoms with van der Waals surface area (Å²) in [4.78, 5) is 53.9. The van der Waals surface area contributed by atoms with Crippen LogP contribution in [0.3, 0.4) is 0 Å². The summed E-state index contributed by atoms with van der Waals surface area (Å²) >= 11 is 0. The lowest BCUT2D eigenvalue weighted by molar-refractivity contribution is -0.121. The third kappa shape index (κ3) is 23.6. The van der Waals surface area contributed by atoms with Gasteiger partial charge in [0.1, 0.15) is 11.2 Å². The second-order valence-electron chi connectivity index (χ2n) is 16.2. The van der Waals surface area contributed by atoms with Crippen LogP contribution in [0.15, 0.2) is 60.7 Å². The summed E-state index contributed by atoms with van der Waals surface area (Å²) in [6, 6.07) is 19.4. The molecule has 0 fully saturated rings. The zero-order valence-electron chi connectivity index (χ0n) is 34.3. The van der Waals surface area contributed by atoms with Crippen molar-refractivity contribution in [3.05, 3.63) is 71.8 Å². The molecule has 2 aromatic rings. The molecule has 0 aliphatic heterocycles. The molecule has 4 amide bonds. The van der Waals surface area contributed by atoms with E-state index in [1.54, 1.807) is 9.80 Å². The molecule has 0 aliphatic carbocycles. The highest BCUT2D eigenvalue weighted by molar-refractivity contribution is 5.79. The first-order chi connectivity index (χ1) is 25.7. The van der Waals surface area contributed by atoms with Crippen LogP contribution in [0, 0.1) is 0 Å². The van der Waals surface area contributed by atoms with Crippen LogP contribution in [-0.4, -0.2) is 84.3 Å². The van der Waals surface area contributed by atoms with Crippen molar-refractivity contribution >= 4 is 24.0 Å². The standard InChI is InChI=1S/C44H70N4O6/c1-43(2,3)53-41(51)47(33-23-29-45-39(49)35-37-25-17-15-18-26-37)31-21-13-11-9-7-8-10-12-14-22-32-48(42(52)54-44(4,5)6)34-24-30-46-40(50)36-38-27-19-16-20-28-38/h15-20,25-28H,7-14,21-24,29-36H2,1-6H3,(H,45,49)(H,46,50). The molecule has 0 bridgehead atoms. The molecular weight excluding hydrogens is 681 g/mol. The molecule has 10 nitrogen and oxygen atoms in total. The van der Waals surface area contributed by atoms with E-state index in [0.717, 1.165) is 49.7 Å². The fourth-order valence-electron chi connectivity index (χ4n) is 5.94. The number of ether oxygens (including phenoxy) is 2. The fraction of sp³-hybridized carbons (Fsp3) is 0.636. The van der Waals surface area contributed by atoms with Crippen LogP contribution in [0.5, 0.6) is 0 Å². The van der Waals surface area contributed by atoms with Crippen molar-refractivity contribution in [2.75, 3.05) is 39.3 Å². The van der Waals surface area contributed by atoms with Gasteiger partial charge < -0.3 is 29.9 Å². The SMILES string of the molecule is CC(C)(C)OC(=O)N(CCCCCCCCCCCCN(CCCNC(=O)Cc1ccccc1)C(=O)OC(C)(C)C)CCCNC(=O)Cc1ccccc1. The van der Waals surface area contributed by atoms with Gasteiger partial charge in [-0.2, -0.15) is 0 Å². The van der Waals surface area contributed by atoms with Crippen LogP contribution < -0.4 is 10.6 Å². The van der Waals surface area contributed by atoms with Crippen molar-refractivity contribution in [2.24, 2.45) is 0 Å². The normalized spacial score (nSPS) is 11.4. The van der Waals surface area contributed by atoms with Crippen molar-refractivity contribution in [1.82, 2.24) is 20.4 Å². The van der Waals surface area contributed by atoms with Gasteiger partial charge in [0.05, 0.1) is 12.8 Å². The zero-order valence-corrected chi connectivity index (χ0v) is 34.3. The number of benzene rings is 2. The molecule has 0 saturated heterocycles. The smallest absolute Gasteiger partial charge is 0.410 e. The molecule has 302 valence electrons. The van der Waals surface area contributed by atoms with Crippen LogP contribution in [0.25, 0.3) is 0 Å². The van der Waals surface area contributed by atoms with E-state index in [1.165, 1.54) is 25.7 Å². The Morgan fingerprint density at radius 3 is 1.07 bits per heavy atom. The lowest BCUT2D eigenvalue weighted by Gasteiger charge is -2.27. The number of carbonyl (C=O) groups is 4. The Morgan fingerprint density at radius 1 is 0.463 bits per heavy atom. The van der Waals surface area contributed by atoms with E-state index in [2.05, 4.69) is 10.6 Å². The van der Waals surface area contributed by atoms with Crippen LogP contribution in [0.2, 0.25) is 0 Å². The highest BCUT2D eigenvalue weighted by atomic mass is 16.6. The monoisotopic (exact) mass is 751 g/mol. The summed E-state index contributed by atoms with van der Waals surface area (Å²) in [7, 11) is 0. The molecule has 0 unspecified atom stereocenters. The van der Waals surface area contributed by atoms with Gasteiger partial charge in [0, 0.05) is 39.3 Å². The molecular formula is C44H70N4O6. The van der Waals surface area contributed by atoms with Crippen LogP contribution in [-0.2, 0) is 31.9 Å². The Bertz CT molecular complexity index is 1240. The molecule has 0 aliphatic rings. The molecule has 0 aromatic heterocycles. The van der Waals surface area contributed by atoms with E-state index >= 15 is 0 Å². The lowest BCUT2D eigenvalue weighted by atomic mass is 10.1. The van der Waals surface area contributed by atoms with Crippen molar-refractivity contribution in [3.63, 3.8) is 0 Å². The molecule has 0 saturated carbocycles. The Kier molecular flexibility index (Phi) is 22.1. The van der Waals surface area contributed by atoms with E-state index in [1.807, 2.05) is 102 Å². The topological polar surface area (TPSA) is 117 Å². The summed E-state index contributed by atoms with van der Waals surface area (Å²) in [5.74, 6) is -0.0278. The lowest BCUT2D eigenvalue weighted by Crippen LogP contribution is -2.39. The van der Waals surface area contributed by atoms with Gasteiger partial charge in [-0.15, -0.1) is 0 Å². The Labute approximate surface area is 326 Å². The van der Waals surface area contributed by atoms with Gasteiger partial charge in [0.2, 0.25) is 11.8 Å². The van der Waals surface area contributed by atoms with E-state index in [4.69, 9.17) is 9.47 Å². The minimum absolute atomic E-state index is 0.0139. The first-order valence-electron chi connectivity index (χ1n) is 20.3. The quantitative estimate of drug-likeness (QED) is 0.0980. The summed E-state index contributed by atoms with van der Waals surface area (Å²) < 4.78 is 11.3. The molecule has 0 atom stereocenters. The maximum atomic E-state index is 12.9. The average Bonchev–Trinajstić information content (AvgIpc) is 3.09.